The van der Waals surface area contributed by atoms with Crippen LogP contribution in [0.4, 0.5) is 0 Å². The van der Waals surface area contributed by atoms with Crippen molar-refractivity contribution >= 4 is 23.2 Å². The van der Waals surface area contributed by atoms with Gasteiger partial charge in [0.2, 0.25) is 0 Å². The second kappa shape index (κ2) is 9.32. The van der Waals surface area contributed by atoms with Gasteiger partial charge in [0.1, 0.15) is 12.3 Å². The van der Waals surface area contributed by atoms with E-state index in [0.717, 1.165) is 55.5 Å². The van der Waals surface area contributed by atoms with E-state index in [1.807, 2.05) is 30.5 Å². The predicted octanol–water partition coefficient (Wildman–Crippen LogP) is 5.72. The van der Waals surface area contributed by atoms with E-state index in [1.54, 1.807) is 0 Å². The molecule has 2 aliphatic heterocycles. The molecule has 2 heterocycles. The molecule has 0 aliphatic carbocycles. The van der Waals surface area contributed by atoms with Crippen molar-refractivity contribution in [2.24, 2.45) is 0 Å². The van der Waals surface area contributed by atoms with Crippen LogP contribution in [0.5, 0.6) is 0 Å². The molecule has 0 spiro atoms. The largest absolute Gasteiger partial charge is 0.495 e. The van der Waals surface area contributed by atoms with Crippen molar-refractivity contribution in [2.45, 2.75) is 44.6 Å². The van der Waals surface area contributed by atoms with Gasteiger partial charge < -0.3 is 4.74 Å². The molecule has 0 N–H and O–H groups in total. The van der Waals surface area contributed by atoms with Gasteiger partial charge in [-0.3, -0.25) is 9.80 Å². The highest BCUT2D eigenvalue weighted by atomic mass is 35.5. The molecule has 1 atom stereocenters. The number of hydrogen-bond donors (Lipinski definition) is 0. The maximum absolute atomic E-state index is 6.09. The molecule has 1 fully saturated rings. The Kier molecular flexibility index (Phi) is 6.58. The van der Waals surface area contributed by atoms with Gasteiger partial charge in [-0.15, -0.1) is 0 Å². The van der Waals surface area contributed by atoms with E-state index in [-0.39, 0.29) is 12.3 Å². The summed E-state index contributed by atoms with van der Waals surface area (Å²) in [6.07, 6.45) is 7.71. The van der Waals surface area contributed by atoms with Crippen LogP contribution in [-0.2, 0) is 17.8 Å². The number of halogens is 2. The van der Waals surface area contributed by atoms with Gasteiger partial charge in [0.05, 0.1) is 6.26 Å². The molecule has 4 rings (SSSR count). The Morgan fingerprint density at radius 3 is 1.82 bits per heavy atom. The number of nitrogens with zero attached hydrogens (tertiary/aromatic N) is 2. The Morgan fingerprint density at radius 1 is 0.821 bits per heavy atom. The van der Waals surface area contributed by atoms with Gasteiger partial charge in [0, 0.05) is 36.2 Å². The molecule has 2 aliphatic rings. The molecule has 3 nitrogen and oxygen atoms in total. The maximum atomic E-state index is 6.09. The van der Waals surface area contributed by atoms with Crippen LogP contribution in [0.15, 0.2) is 60.9 Å². The Bertz CT molecular complexity index is 736. The van der Waals surface area contributed by atoms with Crippen LogP contribution < -0.4 is 0 Å². The highest BCUT2D eigenvalue weighted by Crippen LogP contribution is 2.28. The van der Waals surface area contributed by atoms with E-state index in [0.29, 0.717) is 0 Å². The summed E-state index contributed by atoms with van der Waals surface area (Å²) in [5.74, 6) is 0. The first-order valence-corrected chi connectivity index (χ1v) is 10.7. The lowest BCUT2D eigenvalue weighted by molar-refractivity contribution is -0.0890. The van der Waals surface area contributed by atoms with Crippen molar-refractivity contribution in [3.8, 4) is 0 Å². The average Bonchev–Trinajstić information content (AvgIpc) is 2.72. The molecule has 1 unspecified atom stereocenters. The highest BCUT2D eigenvalue weighted by Gasteiger charge is 2.36. The summed E-state index contributed by atoms with van der Waals surface area (Å²) in [5.41, 5.74) is 2.57. The Labute approximate surface area is 177 Å². The lowest BCUT2D eigenvalue weighted by Crippen LogP contribution is -2.58. The summed E-state index contributed by atoms with van der Waals surface area (Å²) in [6.45, 7) is 3.97. The van der Waals surface area contributed by atoms with Crippen molar-refractivity contribution < 1.29 is 4.74 Å². The van der Waals surface area contributed by atoms with Gasteiger partial charge in [-0.2, -0.15) is 0 Å². The number of benzene rings is 2. The molecule has 2 aromatic carbocycles. The van der Waals surface area contributed by atoms with Crippen LogP contribution in [0.3, 0.4) is 0 Å². The first-order valence-electron chi connectivity index (χ1n) is 9.96. The zero-order chi connectivity index (χ0) is 19.3. The molecular formula is C23H26Cl2N2O. The number of ether oxygens (including phenoxy) is 1. The maximum Gasteiger partial charge on any atom is 0.127 e. The van der Waals surface area contributed by atoms with E-state index < -0.39 is 0 Å². The minimum atomic E-state index is 0.185. The molecule has 0 amide bonds. The highest BCUT2D eigenvalue weighted by molar-refractivity contribution is 6.30. The first-order chi connectivity index (χ1) is 13.7. The van der Waals surface area contributed by atoms with Gasteiger partial charge in [0.15, 0.2) is 0 Å². The predicted molar refractivity (Wildman–Crippen MR) is 115 cm³/mol. The molecule has 28 heavy (non-hydrogen) atoms. The van der Waals surface area contributed by atoms with Crippen molar-refractivity contribution in [3.05, 3.63) is 82.0 Å². The minimum Gasteiger partial charge on any atom is -0.495 e. The zero-order valence-electron chi connectivity index (χ0n) is 15.9. The van der Waals surface area contributed by atoms with E-state index >= 15 is 0 Å². The van der Waals surface area contributed by atoms with E-state index in [2.05, 4.69) is 40.1 Å². The van der Waals surface area contributed by atoms with Crippen molar-refractivity contribution in [1.82, 2.24) is 9.80 Å². The first kappa shape index (κ1) is 19.8. The summed E-state index contributed by atoms with van der Waals surface area (Å²) in [6, 6.07) is 16.4. The Morgan fingerprint density at radius 2 is 1.36 bits per heavy atom. The fourth-order valence-corrected chi connectivity index (χ4v) is 4.46. The smallest absolute Gasteiger partial charge is 0.127 e. The van der Waals surface area contributed by atoms with Crippen LogP contribution in [0.2, 0.25) is 10.0 Å². The van der Waals surface area contributed by atoms with Crippen molar-refractivity contribution in [2.75, 3.05) is 13.1 Å². The fourth-order valence-electron chi connectivity index (χ4n) is 4.21. The van der Waals surface area contributed by atoms with Crippen LogP contribution >= 0.6 is 23.2 Å². The lowest BCUT2D eigenvalue weighted by Gasteiger charge is -2.47. The summed E-state index contributed by atoms with van der Waals surface area (Å²) in [4.78, 5) is 5.12. The molecule has 0 bridgehead atoms. The quantitative estimate of drug-likeness (QED) is 0.619. The van der Waals surface area contributed by atoms with Gasteiger partial charge in [-0.05, 0) is 60.7 Å². The standard InChI is InChI=1S/C23H26Cl2N2O/c24-20-9-5-18(6-10-20)16-26-13-3-14-27(17-19-7-11-21(25)12-8-19)23(26)22-4-1-2-15-28-22/h2,5-12,15,22-23H,1,3-4,13-14,16-17H2. The summed E-state index contributed by atoms with van der Waals surface area (Å²) in [7, 11) is 0. The average molecular weight is 417 g/mol. The third kappa shape index (κ3) is 4.90. The van der Waals surface area contributed by atoms with Gasteiger partial charge in [-0.25, -0.2) is 0 Å². The third-order valence-electron chi connectivity index (χ3n) is 5.54. The Hall–Kier alpha value is -1.52. The number of hydrogen-bond acceptors (Lipinski definition) is 3. The summed E-state index contributed by atoms with van der Waals surface area (Å²) in [5, 5.41) is 1.56. The SMILES string of the molecule is Clc1ccc(CN2CCCN(Cc3ccc(Cl)cc3)C2C2CCC=CO2)cc1. The normalized spacial score (nSPS) is 21.6. The van der Waals surface area contributed by atoms with Crippen LogP contribution in [0, 0.1) is 0 Å². The van der Waals surface area contributed by atoms with Crippen molar-refractivity contribution in [3.63, 3.8) is 0 Å². The van der Waals surface area contributed by atoms with E-state index in [4.69, 9.17) is 27.9 Å². The number of allylic oxidation sites excluding steroid dienone is 1. The van der Waals surface area contributed by atoms with Crippen LogP contribution in [-0.4, -0.2) is 35.2 Å². The molecular weight excluding hydrogens is 391 g/mol. The third-order valence-corrected chi connectivity index (χ3v) is 6.04. The van der Waals surface area contributed by atoms with Crippen molar-refractivity contribution in [1.29, 1.82) is 0 Å². The monoisotopic (exact) mass is 416 g/mol. The van der Waals surface area contributed by atoms with Gasteiger partial charge >= 0.3 is 0 Å². The summed E-state index contributed by atoms with van der Waals surface area (Å²) < 4.78 is 6.09. The molecule has 1 saturated heterocycles. The lowest BCUT2D eigenvalue weighted by atomic mass is 10.0. The second-order valence-electron chi connectivity index (χ2n) is 7.58. The Balaban J connectivity index is 1.55. The molecule has 0 aromatic heterocycles. The topological polar surface area (TPSA) is 15.7 Å². The molecule has 148 valence electrons. The van der Waals surface area contributed by atoms with Gasteiger partial charge in [-0.1, -0.05) is 47.5 Å². The van der Waals surface area contributed by atoms with Crippen LogP contribution in [0.1, 0.15) is 30.4 Å². The molecule has 0 radical (unpaired) electrons. The van der Waals surface area contributed by atoms with Gasteiger partial charge in [0.25, 0.3) is 0 Å². The molecule has 2 aromatic rings. The minimum absolute atomic E-state index is 0.185. The van der Waals surface area contributed by atoms with E-state index in [1.165, 1.54) is 11.1 Å². The fraction of sp³-hybridized carbons (Fsp3) is 0.391. The van der Waals surface area contributed by atoms with Crippen LogP contribution in [0.25, 0.3) is 0 Å². The zero-order valence-corrected chi connectivity index (χ0v) is 17.4. The number of rotatable bonds is 5. The summed E-state index contributed by atoms with van der Waals surface area (Å²) >= 11 is 12.1. The molecule has 0 saturated carbocycles. The molecule has 5 heteroatoms. The van der Waals surface area contributed by atoms with E-state index in [9.17, 15) is 0 Å². The second-order valence-corrected chi connectivity index (χ2v) is 8.46.